The van der Waals surface area contributed by atoms with Gasteiger partial charge in [0, 0.05) is 17.8 Å². The molecule has 0 bridgehead atoms. The number of hydrogen-bond acceptors (Lipinski definition) is 2. The summed E-state index contributed by atoms with van der Waals surface area (Å²) in [4.78, 5) is 11.3. The molecule has 0 saturated carbocycles. The zero-order valence-electron chi connectivity index (χ0n) is 9.21. The number of nitrogen functional groups attached to an aromatic ring is 1. The minimum Gasteiger partial charge on any atom is -0.384 e. The summed E-state index contributed by atoms with van der Waals surface area (Å²) >= 11 is 0. The van der Waals surface area contributed by atoms with E-state index in [4.69, 9.17) is 11.1 Å². The second kappa shape index (κ2) is 5.75. The molecule has 5 N–H and O–H groups in total. The van der Waals surface area contributed by atoms with Crippen LogP contribution in [0.5, 0.6) is 0 Å². The van der Waals surface area contributed by atoms with E-state index in [9.17, 15) is 4.79 Å². The molecular weight excluding hydrogens is 204 g/mol. The second-order valence-corrected chi connectivity index (χ2v) is 3.37. The monoisotopic (exact) mass is 220 g/mol. The smallest absolute Gasteiger partial charge is 0.319 e. The molecule has 0 heterocycles. The van der Waals surface area contributed by atoms with Gasteiger partial charge in [-0.25, -0.2) is 4.79 Å². The number of amides is 2. The van der Waals surface area contributed by atoms with E-state index < -0.39 is 0 Å². The molecule has 0 aliphatic heterocycles. The highest BCUT2D eigenvalue weighted by Crippen LogP contribution is 2.08. The van der Waals surface area contributed by atoms with Gasteiger partial charge in [0.2, 0.25) is 0 Å². The van der Waals surface area contributed by atoms with Crippen molar-refractivity contribution in [1.82, 2.24) is 5.32 Å². The zero-order chi connectivity index (χ0) is 12.0. The molecule has 0 radical (unpaired) electrons. The Morgan fingerprint density at radius 3 is 2.50 bits per heavy atom. The fraction of sp³-hybridized carbons (Fsp3) is 0.273. The Morgan fingerprint density at radius 1 is 1.38 bits per heavy atom. The van der Waals surface area contributed by atoms with Gasteiger partial charge >= 0.3 is 6.03 Å². The van der Waals surface area contributed by atoms with E-state index >= 15 is 0 Å². The van der Waals surface area contributed by atoms with Gasteiger partial charge in [-0.15, -0.1) is 0 Å². The maximum atomic E-state index is 11.3. The molecule has 0 atom stereocenters. The van der Waals surface area contributed by atoms with Crippen molar-refractivity contribution in [3.05, 3.63) is 29.8 Å². The summed E-state index contributed by atoms with van der Waals surface area (Å²) < 4.78 is 0. The van der Waals surface area contributed by atoms with E-state index in [0.29, 0.717) is 17.8 Å². The van der Waals surface area contributed by atoms with Gasteiger partial charge in [-0.2, -0.15) is 0 Å². The molecule has 16 heavy (non-hydrogen) atoms. The number of anilines is 1. The number of nitrogens with one attached hydrogen (secondary N) is 3. The second-order valence-electron chi connectivity index (χ2n) is 3.37. The summed E-state index contributed by atoms with van der Waals surface area (Å²) in [7, 11) is 0. The fourth-order valence-electron chi connectivity index (χ4n) is 1.15. The standard InChI is InChI=1S/C11H16N4O/c1-2-7-14-11(16)15-9-5-3-8(4-6-9)10(12)13/h3-6H,2,7H2,1H3,(H3,12,13)(H2,14,15,16). The van der Waals surface area contributed by atoms with Crippen LogP contribution in [-0.2, 0) is 0 Å². The van der Waals surface area contributed by atoms with Crippen LogP contribution in [0.3, 0.4) is 0 Å². The van der Waals surface area contributed by atoms with Crippen molar-refractivity contribution >= 4 is 17.6 Å². The molecule has 5 nitrogen and oxygen atoms in total. The van der Waals surface area contributed by atoms with Crippen LogP contribution in [0, 0.1) is 5.41 Å². The molecule has 1 rings (SSSR count). The summed E-state index contributed by atoms with van der Waals surface area (Å²) in [6.45, 7) is 2.64. The molecule has 5 heteroatoms. The van der Waals surface area contributed by atoms with Crippen LogP contribution in [0.2, 0.25) is 0 Å². The van der Waals surface area contributed by atoms with Gasteiger partial charge in [-0.05, 0) is 30.7 Å². The first kappa shape index (κ1) is 12.0. The predicted octanol–water partition coefficient (Wildman–Crippen LogP) is 1.50. The maximum absolute atomic E-state index is 11.3. The van der Waals surface area contributed by atoms with Gasteiger partial charge < -0.3 is 16.4 Å². The molecule has 86 valence electrons. The number of carbonyl (C=O) groups excluding carboxylic acids is 1. The van der Waals surface area contributed by atoms with E-state index in [1.165, 1.54) is 0 Å². The Bertz CT molecular complexity index is 372. The van der Waals surface area contributed by atoms with Gasteiger partial charge in [0.25, 0.3) is 0 Å². The number of hydrogen-bond donors (Lipinski definition) is 4. The number of rotatable bonds is 4. The normalized spacial score (nSPS) is 9.56. The lowest BCUT2D eigenvalue weighted by Gasteiger charge is -2.07. The largest absolute Gasteiger partial charge is 0.384 e. The molecule has 0 fully saturated rings. The topological polar surface area (TPSA) is 91.0 Å². The SMILES string of the molecule is CCCNC(=O)Nc1ccc(C(=N)N)cc1. The zero-order valence-corrected chi connectivity index (χ0v) is 9.21. The third-order valence-corrected chi connectivity index (χ3v) is 1.99. The van der Waals surface area contributed by atoms with Gasteiger partial charge in [0.1, 0.15) is 5.84 Å². The van der Waals surface area contributed by atoms with Gasteiger partial charge in [-0.1, -0.05) is 6.92 Å². The molecule has 2 amide bonds. The van der Waals surface area contributed by atoms with Crippen molar-refractivity contribution < 1.29 is 4.79 Å². The Morgan fingerprint density at radius 2 is 2.00 bits per heavy atom. The first-order valence-electron chi connectivity index (χ1n) is 5.12. The van der Waals surface area contributed by atoms with Crippen molar-refractivity contribution in [2.75, 3.05) is 11.9 Å². The van der Waals surface area contributed by atoms with Crippen molar-refractivity contribution in [2.45, 2.75) is 13.3 Å². The van der Waals surface area contributed by atoms with Crippen LogP contribution in [0.25, 0.3) is 0 Å². The molecular formula is C11H16N4O. The molecule has 0 aliphatic rings. The van der Waals surface area contributed by atoms with Crippen LogP contribution < -0.4 is 16.4 Å². The van der Waals surface area contributed by atoms with E-state index in [1.807, 2.05) is 6.92 Å². The Hall–Kier alpha value is -2.04. The third-order valence-electron chi connectivity index (χ3n) is 1.99. The first-order chi connectivity index (χ1) is 7.63. The fourth-order valence-corrected chi connectivity index (χ4v) is 1.15. The van der Waals surface area contributed by atoms with Crippen LogP contribution in [-0.4, -0.2) is 18.4 Å². The Labute approximate surface area is 94.5 Å². The first-order valence-corrected chi connectivity index (χ1v) is 5.12. The molecule has 0 spiro atoms. The third kappa shape index (κ3) is 3.61. The lowest BCUT2D eigenvalue weighted by molar-refractivity contribution is 0.252. The molecule has 0 aromatic heterocycles. The van der Waals surface area contributed by atoms with Crippen molar-refractivity contribution in [3.63, 3.8) is 0 Å². The van der Waals surface area contributed by atoms with Crippen LogP contribution in [0.15, 0.2) is 24.3 Å². The van der Waals surface area contributed by atoms with E-state index in [0.717, 1.165) is 6.42 Å². The summed E-state index contributed by atoms with van der Waals surface area (Å²) in [5.41, 5.74) is 6.63. The summed E-state index contributed by atoms with van der Waals surface area (Å²) in [6, 6.07) is 6.58. The van der Waals surface area contributed by atoms with Gasteiger partial charge in [0.15, 0.2) is 0 Å². The minimum atomic E-state index is -0.225. The number of urea groups is 1. The molecule has 0 saturated heterocycles. The number of carbonyl (C=O) groups is 1. The molecule has 0 aliphatic carbocycles. The van der Waals surface area contributed by atoms with E-state index in [2.05, 4.69) is 10.6 Å². The molecule has 1 aromatic rings. The minimum absolute atomic E-state index is 0.0157. The average Bonchev–Trinajstić information content (AvgIpc) is 2.27. The van der Waals surface area contributed by atoms with Gasteiger partial charge in [-0.3, -0.25) is 5.41 Å². The van der Waals surface area contributed by atoms with E-state index in [-0.39, 0.29) is 11.9 Å². The van der Waals surface area contributed by atoms with Crippen LogP contribution in [0.4, 0.5) is 10.5 Å². The Kier molecular flexibility index (Phi) is 4.32. The predicted molar refractivity (Wildman–Crippen MR) is 64.8 cm³/mol. The van der Waals surface area contributed by atoms with Crippen LogP contribution >= 0.6 is 0 Å². The summed E-state index contributed by atoms with van der Waals surface area (Å²) in [5, 5.41) is 12.6. The quantitative estimate of drug-likeness (QED) is 0.457. The number of nitrogens with two attached hydrogens (primary N) is 1. The number of amidine groups is 1. The van der Waals surface area contributed by atoms with Crippen molar-refractivity contribution in [2.24, 2.45) is 5.73 Å². The number of benzene rings is 1. The lowest BCUT2D eigenvalue weighted by atomic mass is 10.2. The summed E-state index contributed by atoms with van der Waals surface area (Å²) in [6.07, 6.45) is 0.899. The van der Waals surface area contributed by atoms with E-state index in [1.54, 1.807) is 24.3 Å². The van der Waals surface area contributed by atoms with Gasteiger partial charge in [0.05, 0.1) is 0 Å². The average molecular weight is 220 g/mol. The summed E-state index contributed by atoms with van der Waals surface area (Å²) in [5.74, 6) is 0.0157. The van der Waals surface area contributed by atoms with Crippen molar-refractivity contribution in [1.29, 1.82) is 5.41 Å². The van der Waals surface area contributed by atoms with Crippen molar-refractivity contribution in [3.8, 4) is 0 Å². The highest BCUT2D eigenvalue weighted by Gasteiger charge is 2.00. The molecule has 1 aromatic carbocycles. The maximum Gasteiger partial charge on any atom is 0.319 e. The highest BCUT2D eigenvalue weighted by molar-refractivity contribution is 5.96. The lowest BCUT2D eigenvalue weighted by Crippen LogP contribution is -2.29. The van der Waals surface area contributed by atoms with Crippen LogP contribution in [0.1, 0.15) is 18.9 Å². The Balaban J connectivity index is 2.55. The highest BCUT2D eigenvalue weighted by atomic mass is 16.2. The molecule has 0 unspecified atom stereocenters.